The minimum Gasteiger partial charge on any atom is -0.313 e. The fourth-order valence-corrected chi connectivity index (χ4v) is 0.826. The van der Waals surface area contributed by atoms with Gasteiger partial charge in [0.05, 0.1) is 5.66 Å². The zero-order chi connectivity index (χ0) is 6.74. The Labute approximate surface area is 56.8 Å². The highest BCUT2D eigenvalue weighted by atomic mass is 15.1. The fourth-order valence-electron chi connectivity index (χ4n) is 0.826. The molecule has 1 aliphatic rings. The molecule has 0 aromatic carbocycles. The number of nitrogens with one attached hydrogen (secondary N) is 1. The van der Waals surface area contributed by atoms with E-state index >= 15 is 0 Å². The predicted molar refractivity (Wildman–Crippen MR) is 39.1 cm³/mol. The second-order valence-corrected chi connectivity index (χ2v) is 2.94. The lowest BCUT2D eigenvalue weighted by atomic mass is 10.3. The third-order valence-corrected chi connectivity index (χ3v) is 1.80. The first-order chi connectivity index (χ1) is 4.27. The lowest BCUT2D eigenvalue weighted by Crippen LogP contribution is -2.40. The van der Waals surface area contributed by atoms with E-state index in [1.54, 1.807) is 0 Å². The Morgan fingerprint density at radius 1 is 1.56 bits per heavy atom. The molecule has 0 aromatic heterocycles. The second kappa shape index (κ2) is 2.67. The van der Waals surface area contributed by atoms with Crippen LogP contribution in [-0.2, 0) is 0 Å². The van der Waals surface area contributed by atoms with Crippen molar-refractivity contribution in [3.05, 3.63) is 0 Å². The Morgan fingerprint density at radius 2 is 2.22 bits per heavy atom. The first kappa shape index (κ1) is 7.03. The van der Waals surface area contributed by atoms with Crippen LogP contribution in [0.3, 0.4) is 0 Å². The van der Waals surface area contributed by atoms with Gasteiger partial charge in [-0.3, -0.25) is 5.32 Å². The summed E-state index contributed by atoms with van der Waals surface area (Å²) in [6, 6.07) is 0. The van der Waals surface area contributed by atoms with E-state index in [2.05, 4.69) is 12.2 Å². The fraction of sp³-hybridized carbons (Fsp3) is 1.00. The molecule has 0 bridgehead atoms. The lowest BCUT2D eigenvalue weighted by molar-refractivity contribution is 0.503. The number of hydrogen-bond acceptors (Lipinski definition) is 2. The van der Waals surface area contributed by atoms with Gasteiger partial charge in [0.1, 0.15) is 0 Å². The highest BCUT2D eigenvalue weighted by Gasteiger charge is 2.36. The molecule has 0 aromatic rings. The molecule has 3 N–H and O–H groups in total. The van der Waals surface area contributed by atoms with E-state index in [9.17, 15) is 0 Å². The molecule has 0 radical (unpaired) electrons. The summed E-state index contributed by atoms with van der Waals surface area (Å²) in [5.41, 5.74) is 5.83. The SMILES string of the molecule is CCCCNC1(N)CC1. The number of rotatable bonds is 4. The van der Waals surface area contributed by atoms with Crippen LogP contribution in [0.25, 0.3) is 0 Å². The van der Waals surface area contributed by atoms with Gasteiger partial charge in [0.2, 0.25) is 0 Å². The Bertz CT molecular complexity index is 86.9. The molecule has 9 heavy (non-hydrogen) atoms. The van der Waals surface area contributed by atoms with Gasteiger partial charge in [-0.25, -0.2) is 0 Å². The zero-order valence-electron chi connectivity index (χ0n) is 6.11. The normalized spacial score (nSPS) is 22.0. The van der Waals surface area contributed by atoms with Crippen LogP contribution in [-0.4, -0.2) is 12.2 Å². The van der Waals surface area contributed by atoms with Crippen molar-refractivity contribution in [2.75, 3.05) is 6.54 Å². The molecule has 1 rings (SSSR count). The Balaban J connectivity index is 1.92. The van der Waals surface area contributed by atoms with E-state index in [4.69, 9.17) is 5.73 Å². The van der Waals surface area contributed by atoms with Crippen LogP contribution in [0.15, 0.2) is 0 Å². The van der Waals surface area contributed by atoms with Gasteiger partial charge in [0.15, 0.2) is 0 Å². The van der Waals surface area contributed by atoms with Crippen LogP contribution in [0.1, 0.15) is 32.6 Å². The van der Waals surface area contributed by atoms with Crippen LogP contribution in [0.5, 0.6) is 0 Å². The third-order valence-electron chi connectivity index (χ3n) is 1.80. The van der Waals surface area contributed by atoms with Crippen molar-refractivity contribution in [3.63, 3.8) is 0 Å². The van der Waals surface area contributed by atoms with Crippen molar-refractivity contribution in [2.45, 2.75) is 38.3 Å². The first-order valence-electron chi connectivity index (χ1n) is 3.81. The maximum absolute atomic E-state index is 5.78. The van der Waals surface area contributed by atoms with Crippen LogP contribution in [0.2, 0.25) is 0 Å². The molecule has 54 valence electrons. The van der Waals surface area contributed by atoms with E-state index in [0.29, 0.717) is 0 Å². The van der Waals surface area contributed by atoms with Crippen molar-refractivity contribution in [1.29, 1.82) is 0 Å². The predicted octanol–water partition coefficient (Wildman–Crippen LogP) is 0.825. The van der Waals surface area contributed by atoms with Crippen molar-refractivity contribution in [3.8, 4) is 0 Å². The Morgan fingerprint density at radius 3 is 2.67 bits per heavy atom. The molecule has 1 saturated carbocycles. The molecule has 0 spiro atoms. The van der Waals surface area contributed by atoms with E-state index in [1.807, 2.05) is 0 Å². The summed E-state index contributed by atoms with van der Waals surface area (Å²) in [6.45, 7) is 3.28. The molecule has 0 atom stereocenters. The maximum Gasteiger partial charge on any atom is 0.0664 e. The summed E-state index contributed by atoms with van der Waals surface area (Å²) in [7, 11) is 0. The molecular weight excluding hydrogens is 112 g/mol. The third kappa shape index (κ3) is 2.33. The van der Waals surface area contributed by atoms with E-state index in [1.165, 1.54) is 12.8 Å². The van der Waals surface area contributed by atoms with Gasteiger partial charge in [-0.05, 0) is 25.8 Å². The Kier molecular flexibility index (Phi) is 2.09. The van der Waals surface area contributed by atoms with Crippen LogP contribution >= 0.6 is 0 Å². The van der Waals surface area contributed by atoms with Gasteiger partial charge in [-0.2, -0.15) is 0 Å². The minimum atomic E-state index is 0.0508. The smallest absolute Gasteiger partial charge is 0.0664 e. The Hall–Kier alpha value is -0.0800. The molecule has 0 unspecified atom stereocenters. The standard InChI is InChI=1S/C7H16N2/c1-2-3-6-9-7(8)4-5-7/h9H,2-6,8H2,1H3. The average Bonchev–Trinajstić information content (AvgIpc) is 2.50. The van der Waals surface area contributed by atoms with Gasteiger partial charge >= 0.3 is 0 Å². The molecule has 0 heterocycles. The van der Waals surface area contributed by atoms with E-state index < -0.39 is 0 Å². The molecule has 0 saturated heterocycles. The molecule has 1 aliphatic carbocycles. The number of unbranched alkanes of at least 4 members (excludes halogenated alkanes) is 1. The molecule has 2 heteroatoms. The summed E-state index contributed by atoms with van der Waals surface area (Å²) in [6.07, 6.45) is 4.83. The number of hydrogen-bond donors (Lipinski definition) is 2. The van der Waals surface area contributed by atoms with Gasteiger partial charge < -0.3 is 5.73 Å². The topological polar surface area (TPSA) is 38.0 Å². The van der Waals surface area contributed by atoms with E-state index in [0.717, 1.165) is 19.4 Å². The molecule has 2 nitrogen and oxygen atoms in total. The van der Waals surface area contributed by atoms with Crippen molar-refractivity contribution >= 4 is 0 Å². The maximum atomic E-state index is 5.78. The average molecular weight is 128 g/mol. The molecule has 0 aliphatic heterocycles. The summed E-state index contributed by atoms with van der Waals surface area (Å²) in [5, 5.41) is 3.31. The largest absolute Gasteiger partial charge is 0.313 e. The summed E-state index contributed by atoms with van der Waals surface area (Å²) in [4.78, 5) is 0. The highest BCUT2D eigenvalue weighted by Crippen LogP contribution is 2.28. The van der Waals surface area contributed by atoms with Crippen LogP contribution in [0.4, 0.5) is 0 Å². The monoisotopic (exact) mass is 128 g/mol. The lowest BCUT2D eigenvalue weighted by Gasteiger charge is -2.09. The van der Waals surface area contributed by atoms with Gasteiger partial charge in [-0.15, -0.1) is 0 Å². The van der Waals surface area contributed by atoms with Gasteiger partial charge in [-0.1, -0.05) is 13.3 Å². The summed E-state index contributed by atoms with van der Waals surface area (Å²) in [5.74, 6) is 0. The minimum absolute atomic E-state index is 0.0508. The molecular formula is C7H16N2. The van der Waals surface area contributed by atoms with Crippen molar-refractivity contribution in [2.24, 2.45) is 5.73 Å². The highest BCUT2D eigenvalue weighted by molar-refractivity contribution is 4.95. The van der Waals surface area contributed by atoms with Crippen molar-refractivity contribution < 1.29 is 0 Å². The first-order valence-corrected chi connectivity index (χ1v) is 3.81. The zero-order valence-corrected chi connectivity index (χ0v) is 6.11. The van der Waals surface area contributed by atoms with Crippen molar-refractivity contribution in [1.82, 2.24) is 5.32 Å². The van der Waals surface area contributed by atoms with E-state index in [-0.39, 0.29) is 5.66 Å². The van der Waals surface area contributed by atoms with Crippen LogP contribution in [0, 0.1) is 0 Å². The molecule has 1 fully saturated rings. The second-order valence-electron chi connectivity index (χ2n) is 2.94. The van der Waals surface area contributed by atoms with Gasteiger partial charge in [0.25, 0.3) is 0 Å². The quantitative estimate of drug-likeness (QED) is 0.434. The molecule has 0 amide bonds. The summed E-state index contributed by atoms with van der Waals surface area (Å²) >= 11 is 0. The summed E-state index contributed by atoms with van der Waals surface area (Å²) < 4.78 is 0. The van der Waals surface area contributed by atoms with Gasteiger partial charge in [0, 0.05) is 0 Å². The number of nitrogens with two attached hydrogens (primary N) is 1. The van der Waals surface area contributed by atoms with Crippen LogP contribution < -0.4 is 11.1 Å².